The predicted octanol–water partition coefficient (Wildman–Crippen LogP) is 2.60. The Hall–Kier alpha value is -1.79. The van der Waals surface area contributed by atoms with E-state index in [1.807, 2.05) is 0 Å². The van der Waals surface area contributed by atoms with Gasteiger partial charge in [-0.1, -0.05) is 23.7 Å². The van der Waals surface area contributed by atoms with Crippen LogP contribution < -0.4 is 9.62 Å². The molecule has 106 valence electrons. The van der Waals surface area contributed by atoms with Crippen LogP contribution in [0.25, 0.3) is 0 Å². The number of halogens is 1. The molecule has 0 radical (unpaired) electrons. The smallest absolute Gasteiger partial charge is 0.263 e. The molecule has 7 heteroatoms. The van der Waals surface area contributed by atoms with Crippen LogP contribution in [0.1, 0.15) is 0 Å². The monoisotopic (exact) mass is 311 g/mol. The molecule has 0 spiro atoms. The first-order valence-corrected chi connectivity index (χ1v) is 7.67. The fourth-order valence-corrected chi connectivity index (χ4v) is 3.28. The van der Waals surface area contributed by atoms with E-state index in [0.717, 1.165) is 0 Å². The van der Waals surface area contributed by atoms with Crippen molar-refractivity contribution < 1.29 is 8.42 Å². The first kappa shape index (κ1) is 14.6. The van der Waals surface area contributed by atoms with Crippen molar-refractivity contribution in [3.05, 3.63) is 47.6 Å². The molecule has 1 aromatic heterocycles. The maximum absolute atomic E-state index is 12.4. The van der Waals surface area contributed by atoms with Gasteiger partial charge in [0.2, 0.25) is 0 Å². The lowest BCUT2D eigenvalue weighted by atomic mass is 10.4. The number of anilines is 2. The van der Waals surface area contributed by atoms with Gasteiger partial charge < -0.3 is 4.90 Å². The van der Waals surface area contributed by atoms with Crippen molar-refractivity contribution in [2.24, 2.45) is 0 Å². The van der Waals surface area contributed by atoms with Crippen LogP contribution in [-0.4, -0.2) is 27.5 Å². The molecular weight excluding hydrogens is 298 g/mol. The molecule has 2 aromatic rings. The molecule has 0 saturated heterocycles. The minimum absolute atomic E-state index is 0.0372. The highest BCUT2D eigenvalue weighted by atomic mass is 35.5. The Morgan fingerprint density at radius 3 is 2.50 bits per heavy atom. The third-order valence-corrected chi connectivity index (χ3v) is 4.45. The molecule has 0 aliphatic rings. The predicted molar refractivity (Wildman–Crippen MR) is 80.8 cm³/mol. The third-order valence-electron chi connectivity index (χ3n) is 2.58. The summed E-state index contributed by atoms with van der Waals surface area (Å²) in [6.45, 7) is 0. The van der Waals surface area contributed by atoms with E-state index in [1.54, 1.807) is 49.5 Å². The zero-order valence-electron chi connectivity index (χ0n) is 11.0. The minimum atomic E-state index is -3.75. The van der Waals surface area contributed by atoms with Crippen LogP contribution in [0.15, 0.2) is 47.5 Å². The highest BCUT2D eigenvalue weighted by molar-refractivity contribution is 7.92. The summed E-state index contributed by atoms with van der Waals surface area (Å²) in [5.74, 6) is 0.531. The van der Waals surface area contributed by atoms with Gasteiger partial charge in [0, 0.05) is 20.3 Å². The molecule has 20 heavy (non-hydrogen) atoms. The highest BCUT2D eigenvalue weighted by Crippen LogP contribution is 2.27. The zero-order chi connectivity index (χ0) is 14.8. The van der Waals surface area contributed by atoms with Crippen LogP contribution in [0.2, 0.25) is 5.02 Å². The number of hydrogen-bond acceptors (Lipinski definition) is 4. The molecule has 0 bridgehead atoms. The fourth-order valence-electron chi connectivity index (χ4n) is 1.70. The molecule has 0 atom stereocenters. The summed E-state index contributed by atoms with van der Waals surface area (Å²) in [6.07, 6.45) is 1.60. The van der Waals surface area contributed by atoms with Crippen molar-refractivity contribution >= 4 is 33.1 Å². The van der Waals surface area contributed by atoms with E-state index in [1.165, 1.54) is 12.1 Å². The molecule has 0 aliphatic carbocycles. The van der Waals surface area contributed by atoms with Crippen LogP contribution in [0.4, 0.5) is 11.5 Å². The Bertz CT molecular complexity index is 717. The molecule has 1 heterocycles. The van der Waals surface area contributed by atoms with Crippen LogP contribution in [0.5, 0.6) is 0 Å². The van der Waals surface area contributed by atoms with Crippen molar-refractivity contribution in [2.75, 3.05) is 23.7 Å². The Morgan fingerprint density at radius 1 is 1.15 bits per heavy atom. The molecule has 0 unspecified atom stereocenters. The number of aromatic nitrogens is 1. The van der Waals surface area contributed by atoms with Crippen LogP contribution in [-0.2, 0) is 10.0 Å². The summed E-state index contributed by atoms with van der Waals surface area (Å²) in [7, 11) is -0.174. The Balaban J connectivity index is 2.42. The molecule has 2 rings (SSSR count). The SMILES string of the molecule is CN(C)c1ncccc1NS(=O)(=O)c1ccccc1Cl. The summed E-state index contributed by atoms with van der Waals surface area (Å²) in [5, 5.41) is 0.176. The number of nitrogens with one attached hydrogen (secondary N) is 1. The molecule has 1 N–H and O–H groups in total. The van der Waals surface area contributed by atoms with E-state index in [2.05, 4.69) is 9.71 Å². The maximum Gasteiger partial charge on any atom is 0.263 e. The molecule has 0 aliphatic heterocycles. The Labute approximate surface area is 123 Å². The summed E-state index contributed by atoms with van der Waals surface area (Å²) in [6, 6.07) is 9.60. The van der Waals surface area contributed by atoms with E-state index < -0.39 is 10.0 Å². The minimum Gasteiger partial charge on any atom is -0.361 e. The number of benzene rings is 1. The average molecular weight is 312 g/mol. The van der Waals surface area contributed by atoms with Gasteiger partial charge >= 0.3 is 0 Å². The molecule has 1 aromatic carbocycles. The maximum atomic E-state index is 12.4. The van der Waals surface area contributed by atoms with Crippen molar-refractivity contribution in [3.8, 4) is 0 Å². The van der Waals surface area contributed by atoms with Crippen molar-refractivity contribution in [1.29, 1.82) is 0 Å². The van der Waals surface area contributed by atoms with E-state index in [0.29, 0.717) is 11.5 Å². The highest BCUT2D eigenvalue weighted by Gasteiger charge is 2.19. The van der Waals surface area contributed by atoms with E-state index in [4.69, 9.17) is 11.6 Å². The molecule has 0 saturated carbocycles. The van der Waals surface area contributed by atoms with E-state index >= 15 is 0 Å². The molecular formula is C13H14ClN3O2S. The average Bonchev–Trinajstić information content (AvgIpc) is 2.39. The summed E-state index contributed by atoms with van der Waals surface area (Å²) in [4.78, 5) is 5.91. The Morgan fingerprint density at radius 2 is 1.85 bits per heavy atom. The van der Waals surface area contributed by atoms with Crippen molar-refractivity contribution in [1.82, 2.24) is 4.98 Å². The van der Waals surface area contributed by atoms with E-state index in [9.17, 15) is 8.42 Å². The topological polar surface area (TPSA) is 62.3 Å². The number of hydrogen-bond donors (Lipinski definition) is 1. The van der Waals surface area contributed by atoms with Gasteiger partial charge in [0.05, 0.1) is 10.7 Å². The van der Waals surface area contributed by atoms with Crippen LogP contribution in [0, 0.1) is 0 Å². The number of pyridine rings is 1. The van der Waals surface area contributed by atoms with Gasteiger partial charge in [-0.3, -0.25) is 4.72 Å². The van der Waals surface area contributed by atoms with Crippen molar-refractivity contribution in [3.63, 3.8) is 0 Å². The molecule has 5 nitrogen and oxygen atoms in total. The first-order valence-electron chi connectivity index (χ1n) is 5.81. The second-order valence-electron chi connectivity index (χ2n) is 4.30. The van der Waals surface area contributed by atoms with Crippen molar-refractivity contribution in [2.45, 2.75) is 4.90 Å². The largest absolute Gasteiger partial charge is 0.361 e. The standard InChI is InChI=1S/C13H14ClN3O2S/c1-17(2)13-11(7-5-9-15-13)16-20(18,19)12-8-4-3-6-10(12)14/h3-9,16H,1-2H3. The second kappa shape index (κ2) is 5.68. The number of sulfonamides is 1. The number of nitrogens with zero attached hydrogens (tertiary/aromatic N) is 2. The normalized spacial score (nSPS) is 11.2. The summed E-state index contributed by atoms with van der Waals surface area (Å²) >= 11 is 5.93. The quantitative estimate of drug-likeness (QED) is 0.942. The van der Waals surface area contributed by atoms with Gasteiger partial charge in [-0.05, 0) is 24.3 Å². The van der Waals surface area contributed by atoms with Crippen LogP contribution >= 0.6 is 11.6 Å². The third kappa shape index (κ3) is 3.02. The second-order valence-corrected chi connectivity index (χ2v) is 6.36. The van der Waals surface area contributed by atoms with Crippen LogP contribution in [0.3, 0.4) is 0 Å². The molecule has 0 fully saturated rings. The lowest BCUT2D eigenvalue weighted by Crippen LogP contribution is -2.18. The summed E-state index contributed by atoms with van der Waals surface area (Å²) in [5.41, 5.74) is 0.400. The lowest BCUT2D eigenvalue weighted by Gasteiger charge is -2.17. The lowest BCUT2D eigenvalue weighted by molar-refractivity contribution is 0.601. The first-order chi connectivity index (χ1) is 9.42. The van der Waals surface area contributed by atoms with Gasteiger partial charge in [0.25, 0.3) is 10.0 Å². The summed E-state index contributed by atoms with van der Waals surface area (Å²) < 4.78 is 27.2. The van der Waals surface area contributed by atoms with Gasteiger partial charge in [0.1, 0.15) is 4.90 Å². The van der Waals surface area contributed by atoms with E-state index in [-0.39, 0.29) is 9.92 Å². The van der Waals surface area contributed by atoms with Gasteiger partial charge in [0.15, 0.2) is 5.82 Å². The fraction of sp³-hybridized carbons (Fsp3) is 0.154. The van der Waals surface area contributed by atoms with Gasteiger partial charge in [-0.15, -0.1) is 0 Å². The Kier molecular flexibility index (Phi) is 4.15. The van der Waals surface area contributed by atoms with Gasteiger partial charge in [-0.2, -0.15) is 0 Å². The molecule has 0 amide bonds. The van der Waals surface area contributed by atoms with Gasteiger partial charge in [-0.25, -0.2) is 13.4 Å². The number of rotatable bonds is 4. The zero-order valence-corrected chi connectivity index (χ0v) is 12.6.